The lowest BCUT2D eigenvalue weighted by Crippen LogP contribution is -1.91. The lowest BCUT2D eigenvalue weighted by atomic mass is 10.1. The summed E-state index contributed by atoms with van der Waals surface area (Å²) in [6.45, 7) is 0. The molecule has 4 N–H and O–H groups in total. The Hall–Kier alpha value is -1.48. The van der Waals surface area contributed by atoms with Crippen molar-refractivity contribution in [2.24, 2.45) is 0 Å². The summed E-state index contributed by atoms with van der Waals surface area (Å²) in [4.78, 5) is 1.18. The monoisotopic (exact) mass is 190 g/mol. The van der Waals surface area contributed by atoms with Gasteiger partial charge in [0.1, 0.15) is 0 Å². The maximum atomic E-state index is 5.84. The molecule has 1 heterocycles. The van der Waals surface area contributed by atoms with Gasteiger partial charge in [0, 0.05) is 21.8 Å². The maximum Gasteiger partial charge on any atom is 0.0422 e. The Labute approximate surface area is 80.8 Å². The molecule has 0 unspecified atom stereocenters. The smallest absolute Gasteiger partial charge is 0.0422 e. The molecule has 0 fully saturated rings. The zero-order valence-corrected chi connectivity index (χ0v) is 7.84. The Morgan fingerprint density at radius 3 is 2.54 bits per heavy atom. The fourth-order valence-corrected chi connectivity index (χ4v) is 2.01. The SMILES string of the molecule is Nc1ccc(-c2cccs2)c(N)c1. The zero-order valence-electron chi connectivity index (χ0n) is 7.03. The molecule has 0 saturated carbocycles. The highest BCUT2D eigenvalue weighted by molar-refractivity contribution is 7.13. The quantitative estimate of drug-likeness (QED) is 0.679. The molecule has 0 radical (unpaired) electrons. The van der Waals surface area contributed by atoms with Crippen molar-refractivity contribution in [2.45, 2.75) is 0 Å². The third-order valence-corrected chi connectivity index (χ3v) is 2.77. The van der Waals surface area contributed by atoms with Gasteiger partial charge in [0.2, 0.25) is 0 Å². The summed E-state index contributed by atoms with van der Waals surface area (Å²) < 4.78 is 0. The van der Waals surface area contributed by atoms with Crippen molar-refractivity contribution in [3.63, 3.8) is 0 Å². The fourth-order valence-electron chi connectivity index (χ4n) is 1.24. The van der Waals surface area contributed by atoms with Crippen molar-refractivity contribution >= 4 is 22.7 Å². The van der Waals surface area contributed by atoms with Crippen molar-refractivity contribution in [3.05, 3.63) is 35.7 Å². The van der Waals surface area contributed by atoms with E-state index in [0.717, 1.165) is 11.3 Å². The Bertz CT molecular complexity index is 407. The Kier molecular flexibility index (Phi) is 1.94. The van der Waals surface area contributed by atoms with Crippen LogP contribution < -0.4 is 11.5 Å². The van der Waals surface area contributed by atoms with E-state index in [2.05, 4.69) is 0 Å². The van der Waals surface area contributed by atoms with E-state index in [1.807, 2.05) is 29.6 Å². The first-order chi connectivity index (χ1) is 6.27. The van der Waals surface area contributed by atoms with Gasteiger partial charge in [-0.25, -0.2) is 0 Å². The van der Waals surface area contributed by atoms with Gasteiger partial charge in [-0.2, -0.15) is 0 Å². The van der Waals surface area contributed by atoms with Crippen molar-refractivity contribution in [1.29, 1.82) is 0 Å². The second-order valence-corrected chi connectivity index (χ2v) is 3.77. The summed E-state index contributed by atoms with van der Waals surface area (Å²) in [6.07, 6.45) is 0. The molecule has 0 aliphatic heterocycles. The van der Waals surface area contributed by atoms with Crippen LogP contribution in [0.25, 0.3) is 10.4 Å². The van der Waals surface area contributed by atoms with E-state index in [0.29, 0.717) is 5.69 Å². The predicted octanol–water partition coefficient (Wildman–Crippen LogP) is 2.58. The molecule has 2 nitrogen and oxygen atoms in total. The highest BCUT2D eigenvalue weighted by atomic mass is 32.1. The van der Waals surface area contributed by atoms with E-state index >= 15 is 0 Å². The van der Waals surface area contributed by atoms with Gasteiger partial charge >= 0.3 is 0 Å². The maximum absolute atomic E-state index is 5.84. The highest BCUT2D eigenvalue weighted by Crippen LogP contribution is 2.30. The van der Waals surface area contributed by atoms with Crippen molar-refractivity contribution < 1.29 is 0 Å². The molecule has 1 aromatic heterocycles. The fraction of sp³-hybridized carbons (Fsp3) is 0. The van der Waals surface area contributed by atoms with Crippen LogP contribution in [-0.2, 0) is 0 Å². The number of hydrogen-bond donors (Lipinski definition) is 2. The molecule has 66 valence electrons. The van der Waals surface area contributed by atoms with Crippen LogP contribution in [0.3, 0.4) is 0 Å². The van der Waals surface area contributed by atoms with Gasteiger partial charge in [-0.3, -0.25) is 0 Å². The molecule has 0 aliphatic carbocycles. The van der Waals surface area contributed by atoms with Gasteiger partial charge in [0.15, 0.2) is 0 Å². The molecule has 0 amide bonds. The second-order valence-electron chi connectivity index (χ2n) is 2.82. The van der Waals surface area contributed by atoms with Crippen LogP contribution in [0.1, 0.15) is 0 Å². The minimum Gasteiger partial charge on any atom is -0.399 e. The first-order valence-corrected chi connectivity index (χ1v) is 4.84. The summed E-state index contributed by atoms with van der Waals surface area (Å²) in [7, 11) is 0. The summed E-state index contributed by atoms with van der Waals surface area (Å²) in [5.41, 5.74) is 13.9. The molecular formula is C10H10N2S. The minimum absolute atomic E-state index is 0.706. The molecule has 3 heteroatoms. The van der Waals surface area contributed by atoms with Gasteiger partial charge in [-0.15, -0.1) is 11.3 Å². The average molecular weight is 190 g/mol. The molecule has 1 aromatic carbocycles. The Balaban J connectivity index is 2.53. The molecule has 0 aliphatic rings. The lowest BCUT2D eigenvalue weighted by molar-refractivity contribution is 1.66. The standard InChI is InChI=1S/C10H10N2S/c11-7-3-4-8(9(12)6-7)10-2-1-5-13-10/h1-6H,11-12H2. The first kappa shape index (κ1) is 8.13. The molecule has 2 aromatic rings. The molecule has 0 bridgehead atoms. The van der Waals surface area contributed by atoms with Gasteiger partial charge in [0.25, 0.3) is 0 Å². The number of anilines is 2. The normalized spacial score (nSPS) is 10.2. The van der Waals surface area contributed by atoms with Crippen LogP contribution in [0.5, 0.6) is 0 Å². The topological polar surface area (TPSA) is 52.0 Å². The number of nitrogens with two attached hydrogens (primary N) is 2. The summed E-state index contributed by atoms with van der Waals surface area (Å²) in [5.74, 6) is 0. The van der Waals surface area contributed by atoms with Gasteiger partial charge < -0.3 is 11.5 Å². The highest BCUT2D eigenvalue weighted by Gasteiger charge is 2.02. The molecule has 2 rings (SSSR count). The van der Waals surface area contributed by atoms with E-state index in [1.54, 1.807) is 17.4 Å². The van der Waals surface area contributed by atoms with E-state index in [9.17, 15) is 0 Å². The van der Waals surface area contributed by atoms with Crippen LogP contribution in [0.4, 0.5) is 11.4 Å². The molecule has 13 heavy (non-hydrogen) atoms. The Morgan fingerprint density at radius 1 is 1.08 bits per heavy atom. The molecule has 0 spiro atoms. The second kappa shape index (κ2) is 3.11. The van der Waals surface area contributed by atoms with Gasteiger partial charge in [-0.05, 0) is 29.6 Å². The largest absolute Gasteiger partial charge is 0.399 e. The van der Waals surface area contributed by atoms with Crippen LogP contribution in [0.15, 0.2) is 35.7 Å². The van der Waals surface area contributed by atoms with E-state index < -0.39 is 0 Å². The number of rotatable bonds is 1. The third-order valence-electron chi connectivity index (χ3n) is 1.86. The average Bonchev–Trinajstić information content (AvgIpc) is 2.56. The number of hydrogen-bond acceptors (Lipinski definition) is 3. The van der Waals surface area contributed by atoms with E-state index in [4.69, 9.17) is 11.5 Å². The predicted molar refractivity (Wildman–Crippen MR) is 58.6 cm³/mol. The number of benzene rings is 1. The minimum atomic E-state index is 0.706. The molecular weight excluding hydrogens is 180 g/mol. The Morgan fingerprint density at radius 2 is 1.92 bits per heavy atom. The molecule has 0 atom stereocenters. The first-order valence-electron chi connectivity index (χ1n) is 3.96. The van der Waals surface area contributed by atoms with Gasteiger partial charge in [0.05, 0.1) is 0 Å². The third kappa shape index (κ3) is 1.51. The van der Waals surface area contributed by atoms with Crippen molar-refractivity contribution in [3.8, 4) is 10.4 Å². The van der Waals surface area contributed by atoms with Crippen molar-refractivity contribution in [2.75, 3.05) is 11.5 Å². The zero-order chi connectivity index (χ0) is 9.26. The summed E-state index contributed by atoms with van der Waals surface area (Å²) in [5, 5.41) is 2.03. The van der Waals surface area contributed by atoms with E-state index in [-0.39, 0.29) is 0 Å². The lowest BCUT2D eigenvalue weighted by Gasteiger charge is -2.03. The van der Waals surface area contributed by atoms with Crippen LogP contribution >= 0.6 is 11.3 Å². The number of thiophene rings is 1. The number of nitrogen functional groups attached to an aromatic ring is 2. The van der Waals surface area contributed by atoms with Crippen LogP contribution in [0.2, 0.25) is 0 Å². The van der Waals surface area contributed by atoms with E-state index in [1.165, 1.54) is 4.88 Å². The van der Waals surface area contributed by atoms with Crippen LogP contribution in [-0.4, -0.2) is 0 Å². The summed E-state index contributed by atoms with van der Waals surface area (Å²) >= 11 is 1.68. The van der Waals surface area contributed by atoms with Crippen molar-refractivity contribution in [1.82, 2.24) is 0 Å². The van der Waals surface area contributed by atoms with Gasteiger partial charge in [-0.1, -0.05) is 6.07 Å². The van der Waals surface area contributed by atoms with Crippen LogP contribution in [0, 0.1) is 0 Å². The summed E-state index contributed by atoms with van der Waals surface area (Å²) in [6, 6.07) is 9.67. The molecule has 0 saturated heterocycles.